The number of halogens is 3. The first-order chi connectivity index (χ1) is 9.84. The van der Waals surface area contributed by atoms with Crippen molar-refractivity contribution in [2.24, 2.45) is 0 Å². The minimum Gasteiger partial charge on any atom is -0.392 e. The maximum Gasteiger partial charge on any atom is 0.416 e. The first kappa shape index (κ1) is 15.6. The lowest BCUT2D eigenvalue weighted by atomic mass is 9.99. The predicted octanol–water partition coefficient (Wildman–Crippen LogP) is 4.16. The Bertz CT molecular complexity index is 588. The number of benzene rings is 2. The van der Waals surface area contributed by atoms with Crippen LogP contribution in [0.4, 0.5) is 13.2 Å². The fraction of sp³-hybridized carbons (Fsp3) is 0.294. The molecule has 1 atom stereocenters. The Kier molecular flexibility index (Phi) is 4.68. The topological polar surface area (TPSA) is 20.2 Å². The second-order valence-electron chi connectivity index (χ2n) is 5.25. The molecule has 2 rings (SSSR count). The van der Waals surface area contributed by atoms with E-state index in [0.717, 1.165) is 23.3 Å². The van der Waals surface area contributed by atoms with Crippen molar-refractivity contribution >= 4 is 0 Å². The van der Waals surface area contributed by atoms with Gasteiger partial charge >= 0.3 is 6.18 Å². The lowest BCUT2D eigenvalue weighted by Gasteiger charge is -2.12. The van der Waals surface area contributed by atoms with Crippen LogP contribution in [0.1, 0.15) is 22.3 Å². The van der Waals surface area contributed by atoms with Crippen molar-refractivity contribution in [3.63, 3.8) is 0 Å². The van der Waals surface area contributed by atoms with Gasteiger partial charge in [0, 0.05) is 0 Å². The predicted molar refractivity (Wildman–Crippen MR) is 76.0 cm³/mol. The van der Waals surface area contributed by atoms with Gasteiger partial charge in [-0.25, -0.2) is 0 Å². The van der Waals surface area contributed by atoms with Gasteiger partial charge in [-0.2, -0.15) is 13.2 Å². The summed E-state index contributed by atoms with van der Waals surface area (Å²) in [6.07, 6.45) is -4.10. The maximum atomic E-state index is 12.5. The monoisotopic (exact) mass is 294 g/mol. The molecule has 0 fully saturated rings. The van der Waals surface area contributed by atoms with E-state index in [4.69, 9.17) is 0 Å². The summed E-state index contributed by atoms with van der Waals surface area (Å²) in [4.78, 5) is 0. The summed E-state index contributed by atoms with van der Waals surface area (Å²) in [6.45, 7) is 1.98. The second-order valence-corrected chi connectivity index (χ2v) is 5.25. The van der Waals surface area contributed by atoms with Gasteiger partial charge in [-0.05, 0) is 43.0 Å². The molecule has 1 nitrogen and oxygen atoms in total. The summed E-state index contributed by atoms with van der Waals surface area (Å²) in [5.74, 6) is 0. The molecule has 0 aliphatic rings. The SMILES string of the molecule is Cc1cccc(CC(O)Cc2ccc(C(F)(F)F)cc2)c1. The molecule has 1 N–H and O–H groups in total. The summed E-state index contributed by atoms with van der Waals surface area (Å²) >= 11 is 0. The Labute approximate surface area is 122 Å². The normalized spacial score (nSPS) is 13.2. The molecule has 2 aromatic carbocycles. The molecule has 21 heavy (non-hydrogen) atoms. The fourth-order valence-electron chi connectivity index (χ4n) is 2.29. The van der Waals surface area contributed by atoms with E-state index in [0.29, 0.717) is 18.4 Å². The van der Waals surface area contributed by atoms with Crippen molar-refractivity contribution in [1.29, 1.82) is 0 Å². The molecule has 0 amide bonds. The van der Waals surface area contributed by atoms with Crippen molar-refractivity contribution in [2.45, 2.75) is 32.0 Å². The third kappa shape index (κ3) is 4.60. The Morgan fingerprint density at radius 2 is 1.57 bits per heavy atom. The average Bonchev–Trinajstić information content (AvgIpc) is 2.38. The minimum atomic E-state index is -4.32. The van der Waals surface area contributed by atoms with Crippen LogP contribution in [-0.2, 0) is 19.0 Å². The van der Waals surface area contributed by atoms with Gasteiger partial charge in [0.05, 0.1) is 11.7 Å². The van der Waals surface area contributed by atoms with Crippen molar-refractivity contribution < 1.29 is 18.3 Å². The van der Waals surface area contributed by atoms with Crippen LogP contribution in [-0.4, -0.2) is 11.2 Å². The molecule has 0 radical (unpaired) electrons. The van der Waals surface area contributed by atoms with E-state index in [1.54, 1.807) is 0 Å². The van der Waals surface area contributed by atoms with E-state index in [2.05, 4.69) is 0 Å². The Morgan fingerprint density at radius 3 is 2.14 bits per heavy atom. The van der Waals surface area contributed by atoms with Crippen LogP contribution in [0.2, 0.25) is 0 Å². The molecule has 0 bridgehead atoms. The summed E-state index contributed by atoms with van der Waals surface area (Å²) in [5.41, 5.74) is 2.17. The Balaban J connectivity index is 1.98. The number of alkyl halides is 3. The van der Waals surface area contributed by atoms with Crippen molar-refractivity contribution in [3.05, 3.63) is 70.8 Å². The summed E-state index contributed by atoms with van der Waals surface area (Å²) < 4.78 is 37.4. The molecule has 112 valence electrons. The van der Waals surface area contributed by atoms with Crippen LogP contribution in [0.25, 0.3) is 0 Å². The number of rotatable bonds is 4. The third-order valence-corrected chi connectivity index (χ3v) is 3.31. The first-order valence-electron chi connectivity index (χ1n) is 6.74. The molecule has 0 heterocycles. The molecule has 0 aliphatic carbocycles. The molecule has 4 heteroatoms. The number of hydrogen-bond acceptors (Lipinski definition) is 1. The number of aryl methyl sites for hydroxylation is 1. The quantitative estimate of drug-likeness (QED) is 0.897. The van der Waals surface area contributed by atoms with Crippen LogP contribution in [0.3, 0.4) is 0 Å². The third-order valence-electron chi connectivity index (χ3n) is 3.31. The summed E-state index contributed by atoms with van der Waals surface area (Å²) in [7, 11) is 0. The van der Waals surface area contributed by atoms with E-state index >= 15 is 0 Å². The molecule has 0 saturated carbocycles. The minimum absolute atomic E-state index is 0.339. The highest BCUT2D eigenvalue weighted by atomic mass is 19.4. The van der Waals surface area contributed by atoms with Crippen LogP contribution in [0.15, 0.2) is 48.5 Å². The molecule has 1 unspecified atom stereocenters. The van der Waals surface area contributed by atoms with E-state index in [1.807, 2.05) is 31.2 Å². The van der Waals surface area contributed by atoms with Crippen molar-refractivity contribution in [3.8, 4) is 0 Å². The molecule has 0 saturated heterocycles. The zero-order valence-corrected chi connectivity index (χ0v) is 11.7. The largest absolute Gasteiger partial charge is 0.416 e. The van der Waals surface area contributed by atoms with Gasteiger partial charge in [0.15, 0.2) is 0 Å². The van der Waals surface area contributed by atoms with Gasteiger partial charge in [0.2, 0.25) is 0 Å². The molecular weight excluding hydrogens is 277 g/mol. The zero-order valence-electron chi connectivity index (χ0n) is 11.7. The van der Waals surface area contributed by atoms with Crippen LogP contribution in [0, 0.1) is 6.92 Å². The van der Waals surface area contributed by atoms with Crippen LogP contribution >= 0.6 is 0 Å². The van der Waals surface area contributed by atoms with Gasteiger partial charge in [-0.1, -0.05) is 42.0 Å². The van der Waals surface area contributed by atoms with Crippen LogP contribution in [0.5, 0.6) is 0 Å². The molecular formula is C17H17F3O. The second kappa shape index (κ2) is 6.31. The van der Waals surface area contributed by atoms with E-state index in [9.17, 15) is 18.3 Å². The van der Waals surface area contributed by atoms with Gasteiger partial charge < -0.3 is 5.11 Å². The number of aliphatic hydroxyl groups excluding tert-OH is 1. The van der Waals surface area contributed by atoms with E-state index in [1.165, 1.54) is 12.1 Å². The Morgan fingerprint density at radius 1 is 0.952 bits per heavy atom. The zero-order chi connectivity index (χ0) is 15.5. The van der Waals surface area contributed by atoms with Crippen molar-refractivity contribution in [2.75, 3.05) is 0 Å². The maximum absolute atomic E-state index is 12.5. The highest BCUT2D eigenvalue weighted by Crippen LogP contribution is 2.29. The van der Waals surface area contributed by atoms with Crippen molar-refractivity contribution in [1.82, 2.24) is 0 Å². The lowest BCUT2D eigenvalue weighted by Crippen LogP contribution is -2.14. The van der Waals surface area contributed by atoms with Gasteiger partial charge in [0.25, 0.3) is 0 Å². The number of hydrogen-bond donors (Lipinski definition) is 1. The molecule has 0 aliphatic heterocycles. The molecule has 0 spiro atoms. The highest BCUT2D eigenvalue weighted by molar-refractivity contribution is 5.26. The number of aliphatic hydroxyl groups is 1. The van der Waals surface area contributed by atoms with Gasteiger partial charge in [-0.15, -0.1) is 0 Å². The standard InChI is InChI=1S/C17H17F3O/c1-12-3-2-4-14(9-12)11-16(21)10-13-5-7-15(8-6-13)17(18,19)20/h2-9,16,21H,10-11H2,1H3. The molecule has 0 aromatic heterocycles. The average molecular weight is 294 g/mol. The van der Waals surface area contributed by atoms with E-state index in [-0.39, 0.29) is 0 Å². The lowest BCUT2D eigenvalue weighted by molar-refractivity contribution is -0.137. The van der Waals surface area contributed by atoms with Crippen LogP contribution < -0.4 is 0 Å². The smallest absolute Gasteiger partial charge is 0.392 e. The first-order valence-corrected chi connectivity index (χ1v) is 6.74. The van der Waals surface area contributed by atoms with Gasteiger partial charge in [-0.3, -0.25) is 0 Å². The summed E-state index contributed by atoms with van der Waals surface area (Å²) in [5, 5.41) is 10.1. The molecule has 2 aromatic rings. The summed E-state index contributed by atoms with van der Waals surface area (Å²) in [6, 6.07) is 12.8. The Hall–Kier alpha value is -1.81. The van der Waals surface area contributed by atoms with Gasteiger partial charge in [0.1, 0.15) is 0 Å². The van der Waals surface area contributed by atoms with E-state index < -0.39 is 17.8 Å². The highest BCUT2D eigenvalue weighted by Gasteiger charge is 2.29. The fourth-order valence-corrected chi connectivity index (χ4v) is 2.29.